The van der Waals surface area contributed by atoms with Gasteiger partial charge in [0.2, 0.25) is 0 Å². The highest BCUT2D eigenvalue weighted by atomic mass is 32.1. The van der Waals surface area contributed by atoms with Gasteiger partial charge in [-0.1, -0.05) is 168 Å². The SMILES string of the molecule is CCCCCCCCCCCCOC(=O)c1cc2csc(-c3cc4c(-c5ncc(CCCCCCCCCC)s5)c5sccc5c(-c5ncc(CCCCCCCCCC)s5)c4s3)c2s1. The molecule has 7 aromatic rings. The number of benzene rings is 1. The highest BCUT2D eigenvalue weighted by molar-refractivity contribution is 7.31. The first-order valence-electron chi connectivity index (χ1n) is 25.6. The number of rotatable bonds is 33. The monoisotopic (exact) mass is 986 g/mol. The number of aromatic nitrogens is 2. The molecular formula is C55H74N2O2S6. The van der Waals surface area contributed by atoms with Crippen LogP contribution in [-0.4, -0.2) is 22.5 Å². The van der Waals surface area contributed by atoms with Crippen molar-refractivity contribution in [3.63, 3.8) is 0 Å². The van der Waals surface area contributed by atoms with Gasteiger partial charge in [-0.2, -0.15) is 0 Å². The van der Waals surface area contributed by atoms with E-state index in [1.54, 1.807) is 22.7 Å². The number of esters is 1. The van der Waals surface area contributed by atoms with E-state index in [0.717, 1.165) is 41.1 Å². The van der Waals surface area contributed by atoms with Crippen molar-refractivity contribution >= 4 is 104 Å². The van der Waals surface area contributed by atoms with Crippen LogP contribution in [0.15, 0.2) is 41.4 Å². The normalized spacial score (nSPS) is 11.9. The molecule has 65 heavy (non-hydrogen) atoms. The third-order valence-corrected chi connectivity index (χ3v) is 19.6. The molecule has 0 spiro atoms. The van der Waals surface area contributed by atoms with Crippen molar-refractivity contribution in [1.82, 2.24) is 9.97 Å². The molecule has 0 atom stereocenters. The quantitative estimate of drug-likeness (QED) is 0.0304. The number of thiazole rings is 2. The van der Waals surface area contributed by atoms with E-state index in [2.05, 4.69) is 56.1 Å². The fraction of sp³-hybridized carbons (Fsp3) is 0.582. The number of aryl methyl sites for hydroxylation is 2. The fourth-order valence-electron chi connectivity index (χ4n) is 9.13. The Labute approximate surface area is 414 Å². The van der Waals surface area contributed by atoms with Crippen molar-refractivity contribution in [2.45, 2.75) is 201 Å². The van der Waals surface area contributed by atoms with E-state index in [4.69, 9.17) is 14.7 Å². The number of unbranched alkanes of at least 4 members (excludes halogenated alkanes) is 23. The average molecular weight is 988 g/mol. The number of nitrogens with zero attached hydrogens (tertiary/aromatic N) is 2. The van der Waals surface area contributed by atoms with Gasteiger partial charge in [0.25, 0.3) is 0 Å². The fourth-order valence-corrected chi connectivity index (χ4v) is 15.9. The van der Waals surface area contributed by atoms with E-state index >= 15 is 0 Å². The lowest BCUT2D eigenvalue weighted by molar-refractivity contribution is 0.0503. The summed E-state index contributed by atoms with van der Waals surface area (Å²) in [5.41, 5.74) is 2.55. The van der Waals surface area contributed by atoms with Crippen LogP contribution in [0.3, 0.4) is 0 Å². The first-order valence-corrected chi connectivity index (χ1v) is 30.7. The van der Waals surface area contributed by atoms with Crippen LogP contribution >= 0.6 is 68.0 Å². The summed E-state index contributed by atoms with van der Waals surface area (Å²) in [4.78, 5) is 29.7. The van der Waals surface area contributed by atoms with Crippen LogP contribution in [-0.2, 0) is 17.6 Å². The second kappa shape index (κ2) is 27.5. The van der Waals surface area contributed by atoms with Crippen LogP contribution in [0.5, 0.6) is 0 Å². The first-order chi connectivity index (χ1) is 32.1. The van der Waals surface area contributed by atoms with Gasteiger partial charge in [-0.25, -0.2) is 14.8 Å². The molecule has 6 heterocycles. The summed E-state index contributed by atoms with van der Waals surface area (Å²) < 4.78 is 9.62. The molecule has 0 aliphatic heterocycles. The number of ether oxygens (including phenoxy) is 1. The standard InChI is InChI=1S/C55H74N2O2S6/c1-4-7-10-13-16-19-20-23-26-29-33-59-55(58)46-35-40-39-61-52(49(40)65-46)45-36-44-48(54-57-38-42(63-54)31-28-25-22-18-15-12-9-6-3)50-43(32-34-60-50)47(51(44)64-45)53-56-37-41(62-53)30-27-24-21-17-14-11-8-5-2/h32,34-39H,4-31,33H2,1-3H3. The lowest BCUT2D eigenvalue weighted by Gasteiger charge is -2.08. The predicted molar refractivity (Wildman–Crippen MR) is 293 cm³/mol. The van der Waals surface area contributed by atoms with Crippen LogP contribution in [0, 0.1) is 0 Å². The van der Waals surface area contributed by atoms with Crippen molar-refractivity contribution in [2.75, 3.05) is 6.61 Å². The van der Waals surface area contributed by atoms with Crippen LogP contribution < -0.4 is 0 Å². The van der Waals surface area contributed by atoms with E-state index in [1.807, 2.05) is 51.4 Å². The predicted octanol–water partition coefficient (Wildman–Crippen LogP) is 20.8. The number of thiophene rings is 4. The number of fused-ring (bicyclic) bond motifs is 3. The molecule has 10 heteroatoms. The largest absolute Gasteiger partial charge is 0.462 e. The van der Waals surface area contributed by atoms with Gasteiger partial charge >= 0.3 is 5.97 Å². The van der Waals surface area contributed by atoms with Crippen LogP contribution in [0.1, 0.15) is 207 Å². The summed E-state index contributed by atoms with van der Waals surface area (Å²) >= 11 is 10.9. The Morgan fingerprint density at radius 1 is 0.523 bits per heavy atom. The van der Waals surface area contributed by atoms with Crippen LogP contribution in [0.25, 0.3) is 61.2 Å². The van der Waals surface area contributed by atoms with Gasteiger partial charge in [0.15, 0.2) is 0 Å². The first kappa shape index (κ1) is 50.4. The van der Waals surface area contributed by atoms with Crippen molar-refractivity contribution in [2.24, 2.45) is 0 Å². The molecular weight excluding hydrogens is 913 g/mol. The Morgan fingerprint density at radius 2 is 1.03 bits per heavy atom. The highest BCUT2D eigenvalue weighted by Gasteiger charge is 2.25. The third-order valence-electron chi connectivity index (χ3n) is 12.9. The van der Waals surface area contributed by atoms with Gasteiger partial charge in [-0.05, 0) is 55.7 Å². The number of carbonyl (C=O) groups is 1. The van der Waals surface area contributed by atoms with E-state index in [1.165, 1.54) is 210 Å². The van der Waals surface area contributed by atoms with E-state index < -0.39 is 0 Å². The van der Waals surface area contributed by atoms with Gasteiger partial charge in [-0.3, -0.25) is 0 Å². The van der Waals surface area contributed by atoms with Crippen molar-refractivity contribution < 1.29 is 9.53 Å². The van der Waals surface area contributed by atoms with Crippen LogP contribution in [0.2, 0.25) is 0 Å². The molecule has 4 nitrogen and oxygen atoms in total. The second-order valence-corrected chi connectivity index (χ2v) is 24.4. The molecule has 0 aliphatic carbocycles. The maximum atomic E-state index is 13.4. The van der Waals surface area contributed by atoms with Crippen molar-refractivity contribution in [3.05, 3.63) is 56.0 Å². The van der Waals surface area contributed by atoms with Gasteiger partial charge in [0, 0.05) is 69.1 Å². The number of hydrogen-bond acceptors (Lipinski definition) is 10. The minimum absolute atomic E-state index is 0.183. The Balaban J connectivity index is 1.09. The van der Waals surface area contributed by atoms with Gasteiger partial charge in [0.1, 0.15) is 14.9 Å². The summed E-state index contributed by atoms with van der Waals surface area (Å²) in [6.45, 7) is 7.36. The van der Waals surface area contributed by atoms with Gasteiger partial charge in [0.05, 0.1) is 16.2 Å². The molecule has 0 bridgehead atoms. The zero-order valence-electron chi connectivity index (χ0n) is 39.7. The topological polar surface area (TPSA) is 52.1 Å². The smallest absolute Gasteiger partial charge is 0.348 e. The molecule has 6 aromatic heterocycles. The molecule has 1 aromatic carbocycles. The zero-order valence-corrected chi connectivity index (χ0v) is 44.6. The molecule has 0 amide bonds. The average Bonchev–Trinajstić information content (AvgIpc) is 4.18. The van der Waals surface area contributed by atoms with Crippen molar-refractivity contribution in [1.29, 1.82) is 0 Å². The Kier molecular flexibility index (Phi) is 21.3. The summed E-state index contributed by atoms with van der Waals surface area (Å²) in [7, 11) is 0. The van der Waals surface area contributed by atoms with E-state index in [9.17, 15) is 4.79 Å². The van der Waals surface area contributed by atoms with Gasteiger partial charge in [-0.15, -0.1) is 68.0 Å². The summed E-state index contributed by atoms with van der Waals surface area (Å²) in [6, 6.07) is 6.80. The highest BCUT2D eigenvalue weighted by Crippen LogP contribution is 2.53. The Hall–Kier alpha value is -2.47. The molecule has 0 saturated heterocycles. The molecule has 0 fully saturated rings. The molecule has 0 aliphatic rings. The minimum Gasteiger partial charge on any atom is -0.462 e. The molecule has 0 N–H and O–H groups in total. The molecule has 0 saturated carbocycles. The third kappa shape index (κ3) is 14.3. The number of hydrogen-bond donors (Lipinski definition) is 0. The van der Waals surface area contributed by atoms with Gasteiger partial charge < -0.3 is 4.74 Å². The minimum atomic E-state index is -0.183. The Morgan fingerprint density at radius 3 is 1.58 bits per heavy atom. The van der Waals surface area contributed by atoms with Crippen LogP contribution in [0.4, 0.5) is 0 Å². The molecule has 7 rings (SSSR count). The van der Waals surface area contributed by atoms with E-state index in [-0.39, 0.29) is 5.97 Å². The molecule has 352 valence electrons. The summed E-state index contributed by atoms with van der Waals surface area (Å²) in [6.07, 6.45) is 40.5. The number of carbonyl (C=O) groups excluding carboxylic acids is 1. The molecule has 0 radical (unpaired) electrons. The lowest BCUT2D eigenvalue weighted by atomic mass is 10.0. The second-order valence-electron chi connectivity index (χ2n) is 18.3. The summed E-state index contributed by atoms with van der Waals surface area (Å²) in [5, 5.41) is 10.4. The van der Waals surface area contributed by atoms with E-state index in [0.29, 0.717) is 11.5 Å². The maximum Gasteiger partial charge on any atom is 0.348 e. The van der Waals surface area contributed by atoms with Crippen molar-refractivity contribution in [3.8, 4) is 30.9 Å². The Bertz CT molecular complexity index is 2350. The molecule has 0 unspecified atom stereocenters. The maximum absolute atomic E-state index is 13.4. The zero-order chi connectivity index (χ0) is 45.1. The lowest BCUT2D eigenvalue weighted by Crippen LogP contribution is -2.04. The summed E-state index contributed by atoms with van der Waals surface area (Å²) in [5.74, 6) is -0.183.